The van der Waals surface area contributed by atoms with Gasteiger partial charge in [-0.3, -0.25) is 9.59 Å². The minimum absolute atomic E-state index is 0.0225. The first-order chi connectivity index (χ1) is 6.36. The number of carbonyl (C=O) groups is 2. The third-order valence-corrected chi connectivity index (χ3v) is 2.10. The van der Waals surface area contributed by atoms with Gasteiger partial charge >= 0.3 is 0 Å². The standard InChI is InChI=1S/C10H20N2O2/c1-6(2)8(13)5-12-10(14)9(11)7(3)4/h6-7,9H,5,11H2,1-4H3,(H,12,14). The zero-order chi connectivity index (χ0) is 11.3. The molecule has 0 saturated heterocycles. The van der Waals surface area contributed by atoms with Gasteiger partial charge in [-0.2, -0.15) is 0 Å². The van der Waals surface area contributed by atoms with Crippen molar-refractivity contribution in [2.45, 2.75) is 33.7 Å². The predicted octanol–water partition coefficient (Wildman–Crippen LogP) is 0.311. The number of ketones is 1. The Morgan fingerprint density at radius 3 is 2.07 bits per heavy atom. The molecule has 0 aromatic rings. The van der Waals surface area contributed by atoms with Gasteiger partial charge in [-0.1, -0.05) is 27.7 Å². The monoisotopic (exact) mass is 200 g/mol. The van der Waals surface area contributed by atoms with Gasteiger partial charge in [0.05, 0.1) is 12.6 Å². The molecular weight excluding hydrogens is 180 g/mol. The fourth-order valence-corrected chi connectivity index (χ4v) is 0.799. The second kappa shape index (κ2) is 5.75. The van der Waals surface area contributed by atoms with E-state index in [0.717, 1.165) is 0 Å². The first-order valence-electron chi connectivity index (χ1n) is 4.92. The maximum absolute atomic E-state index is 11.3. The Morgan fingerprint density at radius 1 is 1.21 bits per heavy atom. The van der Waals surface area contributed by atoms with Gasteiger partial charge in [0.15, 0.2) is 5.78 Å². The highest BCUT2D eigenvalue weighted by atomic mass is 16.2. The fourth-order valence-electron chi connectivity index (χ4n) is 0.799. The highest BCUT2D eigenvalue weighted by molar-refractivity contribution is 5.89. The van der Waals surface area contributed by atoms with Crippen molar-refractivity contribution in [3.63, 3.8) is 0 Å². The Labute approximate surface area is 85.2 Å². The van der Waals surface area contributed by atoms with Crippen LogP contribution in [0.25, 0.3) is 0 Å². The zero-order valence-electron chi connectivity index (χ0n) is 9.33. The summed E-state index contributed by atoms with van der Waals surface area (Å²) in [4.78, 5) is 22.5. The predicted molar refractivity (Wildman–Crippen MR) is 55.7 cm³/mol. The Kier molecular flexibility index (Phi) is 5.38. The molecule has 0 aliphatic heterocycles. The molecule has 0 aromatic carbocycles. The summed E-state index contributed by atoms with van der Waals surface area (Å²) < 4.78 is 0. The lowest BCUT2D eigenvalue weighted by Gasteiger charge is -2.15. The van der Waals surface area contributed by atoms with E-state index in [-0.39, 0.29) is 30.1 Å². The number of Topliss-reactive ketones (excluding diaryl/α,β-unsaturated/α-hetero) is 1. The van der Waals surface area contributed by atoms with Crippen LogP contribution >= 0.6 is 0 Å². The summed E-state index contributed by atoms with van der Waals surface area (Å²) in [7, 11) is 0. The Balaban J connectivity index is 3.91. The van der Waals surface area contributed by atoms with Crippen LogP contribution in [-0.2, 0) is 9.59 Å². The molecule has 4 nitrogen and oxygen atoms in total. The largest absolute Gasteiger partial charge is 0.348 e. The Morgan fingerprint density at radius 2 is 1.71 bits per heavy atom. The summed E-state index contributed by atoms with van der Waals surface area (Å²) in [5.74, 6) is -0.196. The van der Waals surface area contributed by atoms with Crippen molar-refractivity contribution in [3.05, 3.63) is 0 Å². The molecule has 82 valence electrons. The second-order valence-electron chi connectivity index (χ2n) is 4.11. The Hall–Kier alpha value is -0.900. The van der Waals surface area contributed by atoms with E-state index >= 15 is 0 Å². The maximum atomic E-state index is 11.3. The molecule has 0 saturated carbocycles. The van der Waals surface area contributed by atoms with Crippen LogP contribution in [0, 0.1) is 11.8 Å². The molecule has 0 aliphatic rings. The average Bonchev–Trinajstić information content (AvgIpc) is 2.11. The maximum Gasteiger partial charge on any atom is 0.237 e. The molecule has 1 amide bonds. The van der Waals surface area contributed by atoms with Crippen LogP contribution < -0.4 is 11.1 Å². The molecule has 0 rings (SSSR count). The number of hydrogen-bond donors (Lipinski definition) is 2. The first-order valence-corrected chi connectivity index (χ1v) is 4.92. The highest BCUT2D eigenvalue weighted by Gasteiger charge is 2.18. The van der Waals surface area contributed by atoms with Gasteiger partial charge in [0, 0.05) is 5.92 Å². The Bertz CT molecular complexity index is 212. The fraction of sp³-hybridized carbons (Fsp3) is 0.800. The number of carbonyl (C=O) groups excluding carboxylic acids is 2. The van der Waals surface area contributed by atoms with Crippen LogP contribution in [0.4, 0.5) is 0 Å². The normalized spacial score (nSPS) is 13.1. The molecule has 0 heterocycles. The minimum atomic E-state index is -0.532. The number of nitrogens with two attached hydrogens (primary N) is 1. The molecule has 3 N–H and O–H groups in total. The van der Waals surface area contributed by atoms with Crippen molar-refractivity contribution < 1.29 is 9.59 Å². The summed E-state index contributed by atoms with van der Waals surface area (Å²) >= 11 is 0. The third kappa shape index (κ3) is 4.37. The summed E-state index contributed by atoms with van der Waals surface area (Å²) in [6.07, 6.45) is 0. The molecule has 14 heavy (non-hydrogen) atoms. The van der Waals surface area contributed by atoms with E-state index in [9.17, 15) is 9.59 Å². The molecule has 0 bridgehead atoms. The number of nitrogens with one attached hydrogen (secondary N) is 1. The lowest BCUT2D eigenvalue weighted by atomic mass is 10.0. The van der Waals surface area contributed by atoms with Crippen LogP contribution in [0.3, 0.4) is 0 Å². The number of rotatable bonds is 5. The van der Waals surface area contributed by atoms with E-state index in [0.29, 0.717) is 0 Å². The van der Waals surface area contributed by atoms with Crippen LogP contribution in [0.5, 0.6) is 0 Å². The van der Waals surface area contributed by atoms with Gasteiger partial charge in [0.2, 0.25) is 5.91 Å². The summed E-state index contributed by atoms with van der Waals surface area (Å²) in [5.41, 5.74) is 5.60. The van der Waals surface area contributed by atoms with E-state index < -0.39 is 6.04 Å². The molecule has 4 heteroatoms. The summed E-state index contributed by atoms with van der Waals surface area (Å²) in [6.45, 7) is 7.42. The average molecular weight is 200 g/mol. The molecule has 0 aliphatic carbocycles. The van der Waals surface area contributed by atoms with Gasteiger partial charge in [0.25, 0.3) is 0 Å². The van der Waals surface area contributed by atoms with E-state index in [4.69, 9.17) is 5.73 Å². The molecule has 0 aromatic heterocycles. The van der Waals surface area contributed by atoms with Crippen molar-refractivity contribution in [1.82, 2.24) is 5.32 Å². The van der Waals surface area contributed by atoms with E-state index in [1.54, 1.807) is 13.8 Å². The van der Waals surface area contributed by atoms with Crippen LogP contribution in [0.1, 0.15) is 27.7 Å². The molecule has 0 spiro atoms. The summed E-state index contributed by atoms with van der Waals surface area (Å²) in [5, 5.41) is 2.53. The minimum Gasteiger partial charge on any atom is -0.348 e. The van der Waals surface area contributed by atoms with Crippen molar-refractivity contribution in [3.8, 4) is 0 Å². The quantitative estimate of drug-likeness (QED) is 0.671. The highest BCUT2D eigenvalue weighted by Crippen LogP contribution is 1.98. The van der Waals surface area contributed by atoms with Crippen molar-refractivity contribution >= 4 is 11.7 Å². The van der Waals surface area contributed by atoms with E-state index in [2.05, 4.69) is 5.32 Å². The molecule has 0 radical (unpaired) electrons. The van der Waals surface area contributed by atoms with Crippen LogP contribution in [-0.4, -0.2) is 24.3 Å². The lowest BCUT2D eigenvalue weighted by Crippen LogP contribution is -2.45. The SMILES string of the molecule is CC(C)C(=O)CNC(=O)C(N)C(C)C. The third-order valence-electron chi connectivity index (χ3n) is 2.10. The smallest absolute Gasteiger partial charge is 0.237 e. The van der Waals surface area contributed by atoms with Crippen molar-refractivity contribution in [2.75, 3.05) is 6.54 Å². The van der Waals surface area contributed by atoms with Gasteiger partial charge in [-0.15, -0.1) is 0 Å². The first kappa shape index (κ1) is 13.1. The number of hydrogen-bond acceptors (Lipinski definition) is 3. The molecule has 1 atom stereocenters. The van der Waals surface area contributed by atoms with Gasteiger partial charge in [-0.25, -0.2) is 0 Å². The number of amides is 1. The van der Waals surface area contributed by atoms with Crippen molar-refractivity contribution in [1.29, 1.82) is 0 Å². The molecular formula is C10H20N2O2. The topological polar surface area (TPSA) is 72.2 Å². The van der Waals surface area contributed by atoms with Crippen LogP contribution in [0.15, 0.2) is 0 Å². The zero-order valence-corrected chi connectivity index (χ0v) is 9.33. The van der Waals surface area contributed by atoms with E-state index in [1.165, 1.54) is 0 Å². The molecule has 0 fully saturated rings. The second-order valence-corrected chi connectivity index (χ2v) is 4.11. The van der Waals surface area contributed by atoms with Crippen LogP contribution in [0.2, 0.25) is 0 Å². The van der Waals surface area contributed by atoms with Gasteiger partial charge < -0.3 is 11.1 Å². The van der Waals surface area contributed by atoms with Gasteiger partial charge in [-0.05, 0) is 5.92 Å². The van der Waals surface area contributed by atoms with E-state index in [1.807, 2.05) is 13.8 Å². The van der Waals surface area contributed by atoms with Gasteiger partial charge in [0.1, 0.15) is 0 Å². The van der Waals surface area contributed by atoms with Crippen molar-refractivity contribution in [2.24, 2.45) is 17.6 Å². The summed E-state index contributed by atoms with van der Waals surface area (Å²) in [6, 6.07) is -0.532. The molecule has 1 unspecified atom stereocenters. The lowest BCUT2D eigenvalue weighted by molar-refractivity contribution is -0.127.